The van der Waals surface area contributed by atoms with E-state index in [0.717, 1.165) is 0 Å². The van der Waals surface area contributed by atoms with Crippen molar-refractivity contribution >= 4 is 0 Å². The summed E-state index contributed by atoms with van der Waals surface area (Å²) in [5.74, 6) is -6.36. The van der Waals surface area contributed by atoms with Crippen molar-refractivity contribution in [3.8, 4) is 5.69 Å². The van der Waals surface area contributed by atoms with E-state index in [9.17, 15) is 17.6 Å². The van der Waals surface area contributed by atoms with Crippen LogP contribution in [-0.2, 0) is 0 Å². The van der Waals surface area contributed by atoms with Crippen LogP contribution in [0.2, 0.25) is 0 Å². The van der Waals surface area contributed by atoms with Crippen molar-refractivity contribution in [3.63, 3.8) is 0 Å². The second kappa shape index (κ2) is 3.79. The quantitative estimate of drug-likeness (QED) is 0.569. The minimum Gasteiger partial charge on any atom is -0.217 e. The summed E-state index contributed by atoms with van der Waals surface area (Å²) in [6.07, 6.45) is 0. The topological polar surface area (TPSA) is 43.6 Å². The summed E-state index contributed by atoms with van der Waals surface area (Å²) in [4.78, 5) is 6.23. The van der Waals surface area contributed by atoms with Gasteiger partial charge < -0.3 is 0 Å². The van der Waals surface area contributed by atoms with Gasteiger partial charge in [0.05, 0.1) is 0 Å². The smallest absolute Gasteiger partial charge is 0.217 e. The molecule has 0 aliphatic carbocycles. The Hall–Kier alpha value is -1.99. The third kappa shape index (κ3) is 1.75. The van der Waals surface area contributed by atoms with Gasteiger partial charge in [-0.05, 0) is 13.8 Å². The maximum absolute atomic E-state index is 13.4. The largest absolute Gasteiger partial charge is 0.254 e. The highest BCUT2D eigenvalue weighted by Crippen LogP contribution is 2.21. The first kappa shape index (κ1) is 11.5. The molecule has 2 aromatic heterocycles. The van der Waals surface area contributed by atoms with E-state index in [1.54, 1.807) is 0 Å². The van der Waals surface area contributed by atoms with Crippen LogP contribution in [0.15, 0.2) is 0 Å². The molecular weight excluding hydrogens is 240 g/mol. The average molecular weight is 246 g/mol. The maximum atomic E-state index is 13.4. The molecule has 2 aromatic rings. The van der Waals surface area contributed by atoms with Gasteiger partial charge in [-0.3, -0.25) is 0 Å². The Labute approximate surface area is 92.9 Å². The standard InChI is InChI=1S/C9H6F4N4/c1-3-14-4(2)17(16-3)7-5(10)8(12)15-9(13)6(7)11/h1-2H3. The van der Waals surface area contributed by atoms with Gasteiger partial charge in [-0.1, -0.05) is 0 Å². The van der Waals surface area contributed by atoms with Crippen molar-refractivity contribution in [2.45, 2.75) is 13.8 Å². The molecule has 2 heterocycles. The van der Waals surface area contributed by atoms with Crippen LogP contribution in [0, 0.1) is 37.4 Å². The zero-order valence-electron chi connectivity index (χ0n) is 8.80. The van der Waals surface area contributed by atoms with Crippen molar-refractivity contribution in [1.82, 2.24) is 19.7 Å². The van der Waals surface area contributed by atoms with E-state index in [0.29, 0.717) is 4.68 Å². The van der Waals surface area contributed by atoms with Crippen molar-refractivity contribution in [2.24, 2.45) is 0 Å². The molecule has 0 spiro atoms. The van der Waals surface area contributed by atoms with E-state index in [-0.39, 0.29) is 11.6 Å². The summed E-state index contributed by atoms with van der Waals surface area (Å²) in [6.45, 7) is 2.88. The molecule has 0 aliphatic rings. The summed E-state index contributed by atoms with van der Waals surface area (Å²) < 4.78 is 53.2. The highest BCUT2D eigenvalue weighted by molar-refractivity contribution is 5.33. The van der Waals surface area contributed by atoms with Crippen LogP contribution < -0.4 is 0 Å². The van der Waals surface area contributed by atoms with Crippen molar-refractivity contribution in [3.05, 3.63) is 35.2 Å². The molecule has 0 bridgehead atoms. The van der Waals surface area contributed by atoms with E-state index in [2.05, 4.69) is 15.1 Å². The van der Waals surface area contributed by atoms with Gasteiger partial charge in [0, 0.05) is 0 Å². The highest BCUT2D eigenvalue weighted by atomic mass is 19.2. The van der Waals surface area contributed by atoms with E-state index in [1.807, 2.05) is 0 Å². The third-order valence-electron chi connectivity index (χ3n) is 2.06. The Morgan fingerprint density at radius 1 is 0.882 bits per heavy atom. The number of halogens is 4. The molecule has 8 heteroatoms. The average Bonchev–Trinajstić information content (AvgIpc) is 2.56. The van der Waals surface area contributed by atoms with Gasteiger partial charge in [0.1, 0.15) is 17.3 Å². The molecule has 0 atom stereocenters. The van der Waals surface area contributed by atoms with Gasteiger partial charge in [0.2, 0.25) is 11.6 Å². The molecular formula is C9H6F4N4. The first-order valence-electron chi connectivity index (χ1n) is 4.52. The second-order valence-electron chi connectivity index (χ2n) is 3.29. The molecule has 0 amide bonds. The Morgan fingerprint density at radius 2 is 1.41 bits per heavy atom. The lowest BCUT2D eigenvalue weighted by Crippen LogP contribution is -2.11. The summed E-state index contributed by atoms with van der Waals surface area (Å²) in [6, 6.07) is 0. The lowest BCUT2D eigenvalue weighted by molar-refractivity contribution is 0.399. The molecule has 17 heavy (non-hydrogen) atoms. The fourth-order valence-corrected chi connectivity index (χ4v) is 1.39. The fraction of sp³-hybridized carbons (Fsp3) is 0.222. The van der Waals surface area contributed by atoms with E-state index < -0.39 is 29.2 Å². The minimum atomic E-state index is -1.73. The molecule has 0 unspecified atom stereocenters. The summed E-state index contributed by atoms with van der Waals surface area (Å²) in [5.41, 5.74) is -0.965. The second-order valence-corrected chi connectivity index (χ2v) is 3.29. The molecule has 90 valence electrons. The van der Waals surface area contributed by atoms with Gasteiger partial charge >= 0.3 is 0 Å². The monoisotopic (exact) mass is 246 g/mol. The molecule has 0 saturated heterocycles. The van der Waals surface area contributed by atoms with Gasteiger partial charge in [-0.25, -0.2) is 9.67 Å². The SMILES string of the molecule is Cc1nc(C)n(-c2c(F)c(F)nc(F)c2F)n1. The van der Waals surface area contributed by atoms with Crippen molar-refractivity contribution < 1.29 is 17.6 Å². The number of aromatic nitrogens is 4. The lowest BCUT2D eigenvalue weighted by atomic mass is 10.3. The van der Waals surface area contributed by atoms with E-state index in [4.69, 9.17) is 0 Å². The van der Waals surface area contributed by atoms with E-state index in [1.165, 1.54) is 13.8 Å². The molecule has 2 rings (SSSR count). The summed E-state index contributed by atoms with van der Waals surface area (Å²) in [7, 11) is 0. The lowest BCUT2D eigenvalue weighted by Gasteiger charge is -2.06. The highest BCUT2D eigenvalue weighted by Gasteiger charge is 2.24. The van der Waals surface area contributed by atoms with Gasteiger partial charge in [-0.2, -0.15) is 27.6 Å². The fourth-order valence-electron chi connectivity index (χ4n) is 1.39. The van der Waals surface area contributed by atoms with Crippen LogP contribution in [0.5, 0.6) is 0 Å². The van der Waals surface area contributed by atoms with Gasteiger partial charge in [0.15, 0.2) is 0 Å². The van der Waals surface area contributed by atoms with Crippen LogP contribution in [0.3, 0.4) is 0 Å². The van der Waals surface area contributed by atoms with Crippen LogP contribution in [0.25, 0.3) is 5.69 Å². The Balaban J connectivity index is 2.79. The number of hydrogen-bond acceptors (Lipinski definition) is 3. The molecule has 0 aromatic carbocycles. The number of hydrogen-bond donors (Lipinski definition) is 0. The minimum absolute atomic E-state index is 0.102. The predicted octanol–water partition coefficient (Wildman–Crippen LogP) is 1.84. The first-order chi connectivity index (χ1) is 7.91. The number of rotatable bonds is 1. The van der Waals surface area contributed by atoms with Crippen LogP contribution >= 0.6 is 0 Å². The third-order valence-corrected chi connectivity index (χ3v) is 2.06. The Kier molecular flexibility index (Phi) is 2.56. The normalized spacial score (nSPS) is 10.9. The molecule has 0 saturated carbocycles. The molecule has 0 N–H and O–H groups in total. The molecule has 0 radical (unpaired) electrons. The Bertz CT molecular complexity index is 567. The number of aryl methyl sites for hydroxylation is 2. The molecule has 4 nitrogen and oxygen atoms in total. The number of pyridine rings is 1. The van der Waals surface area contributed by atoms with Gasteiger partial charge in [-0.15, -0.1) is 0 Å². The first-order valence-corrected chi connectivity index (χ1v) is 4.52. The molecule has 0 aliphatic heterocycles. The predicted molar refractivity (Wildman–Crippen MR) is 48.5 cm³/mol. The van der Waals surface area contributed by atoms with Crippen LogP contribution in [0.1, 0.15) is 11.6 Å². The maximum Gasteiger partial charge on any atom is 0.254 e. The molecule has 0 fully saturated rings. The van der Waals surface area contributed by atoms with Gasteiger partial charge in [0.25, 0.3) is 11.9 Å². The van der Waals surface area contributed by atoms with Crippen LogP contribution in [0.4, 0.5) is 17.6 Å². The Morgan fingerprint density at radius 3 is 1.82 bits per heavy atom. The zero-order chi connectivity index (χ0) is 12.7. The van der Waals surface area contributed by atoms with Crippen molar-refractivity contribution in [1.29, 1.82) is 0 Å². The van der Waals surface area contributed by atoms with E-state index >= 15 is 0 Å². The number of nitrogens with zero attached hydrogens (tertiary/aromatic N) is 4. The van der Waals surface area contributed by atoms with Crippen molar-refractivity contribution in [2.75, 3.05) is 0 Å². The zero-order valence-corrected chi connectivity index (χ0v) is 8.80. The summed E-state index contributed by atoms with van der Waals surface area (Å²) in [5, 5.41) is 3.65. The van der Waals surface area contributed by atoms with Crippen LogP contribution in [-0.4, -0.2) is 19.7 Å². The summed E-state index contributed by atoms with van der Waals surface area (Å²) >= 11 is 0.